The minimum atomic E-state index is -0.0568. The van der Waals surface area contributed by atoms with Crippen molar-refractivity contribution in [3.05, 3.63) is 66.2 Å². The summed E-state index contributed by atoms with van der Waals surface area (Å²) < 4.78 is 7.46. The van der Waals surface area contributed by atoms with Crippen molar-refractivity contribution in [3.8, 4) is 11.1 Å². The summed E-state index contributed by atoms with van der Waals surface area (Å²) >= 11 is 0. The standard InChI is InChI=1S/C21H22N4O2/c1-27-14-9-17-18(15-7-10-22-11-8-15)19(24-16-5-3-2-4-6-16)20-21(26)23-12-13-25(17)20/h2-8,10-11,24H,9,12-14H2,1H3,(H,23,26). The maximum absolute atomic E-state index is 12.8. The molecular formula is C21H22N4O2. The lowest BCUT2D eigenvalue weighted by atomic mass is 10.0. The van der Waals surface area contributed by atoms with E-state index in [-0.39, 0.29) is 5.91 Å². The maximum atomic E-state index is 12.8. The van der Waals surface area contributed by atoms with Gasteiger partial charge in [-0.3, -0.25) is 9.78 Å². The molecule has 0 spiro atoms. The van der Waals surface area contributed by atoms with E-state index in [1.165, 1.54) is 0 Å². The van der Waals surface area contributed by atoms with E-state index in [2.05, 4.69) is 20.2 Å². The molecule has 0 saturated carbocycles. The van der Waals surface area contributed by atoms with Gasteiger partial charge in [-0.1, -0.05) is 18.2 Å². The van der Waals surface area contributed by atoms with Gasteiger partial charge in [-0.05, 0) is 29.8 Å². The normalized spacial score (nSPS) is 13.1. The van der Waals surface area contributed by atoms with E-state index in [0.29, 0.717) is 18.8 Å². The van der Waals surface area contributed by atoms with Gasteiger partial charge in [-0.15, -0.1) is 0 Å². The van der Waals surface area contributed by atoms with Crippen molar-refractivity contribution in [3.63, 3.8) is 0 Å². The number of hydrogen-bond acceptors (Lipinski definition) is 4. The minimum absolute atomic E-state index is 0.0568. The molecule has 0 aliphatic carbocycles. The molecular weight excluding hydrogens is 340 g/mol. The fourth-order valence-electron chi connectivity index (χ4n) is 3.59. The first-order valence-corrected chi connectivity index (χ1v) is 9.04. The molecule has 27 heavy (non-hydrogen) atoms. The number of fused-ring (bicyclic) bond motifs is 1. The monoisotopic (exact) mass is 362 g/mol. The van der Waals surface area contributed by atoms with Crippen LogP contribution in [0.5, 0.6) is 0 Å². The molecule has 1 amide bonds. The Labute approximate surface area is 158 Å². The summed E-state index contributed by atoms with van der Waals surface area (Å²) in [4.78, 5) is 16.9. The number of aromatic nitrogens is 2. The zero-order chi connectivity index (χ0) is 18.6. The predicted molar refractivity (Wildman–Crippen MR) is 105 cm³/mol. The SMILES string of the molecule is COCCc1c(-c2ccncc2)c(Nc2ccccc2)c2n1CCNC2=O. The van der Waals surface area contributed by atoms with Gasteiger partial charge in [0.25, 0.3) is 5.91 Å². The molecule has 0 radical (unpaired) electrons. The lowest BCUT2D eigenvalue weighted by molar-refractivity contribution is 0.0927. The molecule has 2 N–H and O–H groups in total. The average molecular weight is 362 g/mol. The van der Waals surface area contributed by atoms with Gasteiger partial charge >= 0.3 is 0 Å². The van der Waals surface area contributed by atoms with Crippen LogP contribution in [0, 0.1) is 0 Å². The average Bonchev–Trinajstić information content (AvgIpc) is 3.02. The van der Waals surface area contributed by atoms with E-state index in [1.54, 1.807) is 19.5 Å². The van der Waals surface area contributed by atoms with Crippen molar-refractivity contribution in [1.82, 2.24) is 14.9 Å². The number of hydrogen-bond donors (Lipinski definition) is 2. The molecule has 6 heteroatoms. The second kappa shape index (κ2) is 7.63. The molecule has 2 aromatic heterocycles. The molecule has 1 aliphatic rings. The zero-order valence-corrected chi connectivity index (χ0v) is 15.2. The fraction of sp³-hybridized carbons (Fsp3) is 0.238. The second-order valence-electron chi connectivity index (χ2n) is 6.42. The highest BCUT2D eigenvalue weighted by molar-refractivity contribution is 6.05. The third kappa shape index (κ3) is 3.31. The Hall–Kier alpha value is -3.12. The van der Waals surface area contributed by atoms with Gasteiger partial charge in [0.2, 0.25) is 0 Å². The highest BCUT2D eigenvalue weighted by atomic mass is 16.5. The minimum Gasteiger partial charge on any atom is -0.384 e. The van der Waals surface area contributed by atoms with Crippen LogP contribution in [0.3, 0.4) is 0 Å². The summed E-state index contributed by atoms with van der Waals surface area (Å²) in [5, 5.41) is 6.45. The second-order valence-corrected chi connectivity index (χ2v) is 6.42. The number of anilines is 2. The van der Waals surface area contributed by atoms with Crippen molar-refractivity contribution in [2.75, 3.05) is 25.6 Å². The van der Waals surface area contributed by atoms with E-state index >= 15 is 0 Å². The number of ether oxygens (including phenoxy) is 1. The number of pyridine rings is 1. The van der Waals surface area contributed by atoms with Gasteiger partial charge in [-0.2, -0.15) is 0 Å². The highest BCUT2D eigenvalue weighted by Gasteiger charge is 2.30. The molecule has 1 aromatic carbocycles. The van der Waals surface area contributed by atoms with Gasteiger partial charge in [0, 0.05) is 56.0 Å². The first-order valence-electron chi connectivity index (χ1n) is 9.04. The molecule has 0 atom stereocenters. The van der Waals surface area contributed by atoms with E-state index in [0.717, 1.165) is 41.2 Å². The third-order valence-electron chi connectivity index (χ3n) is 4.76. The number of rotatable bonds is 6. The number of benzene rings is 1. The molecule has 4 rings (SSSR count). The predicted octanol–water partition coefficient (Wildman–Crippen LogP) is 3.23. The van der Waals surface area contributed by atoms with Crippen LogP contribution >= 0.6 is 0 Å². The summed E-state index contributed by atoms with van der Waals surface area (Å²) in [5.74, 6) is -0.0568. The molecule has 3 heterocycles. The first kappa shape index (κ1) is 17.3. The van der Waals surface area contributed by atoms with Gasteiger partial charge in [0.1, 0.15) is 5.69 Å². The lowest BCUT2D eigenvalue weighted by Gasteiger charge is -2.19. The molecule has 1 aliphatic heterocycles. The summed E-state index contributed by atoms with van der Waals surface area (Å²) in [7, 11) is 1.70. The topological polar surface area (TPSA) is 68.2 Å². The largest absolute Gasteiger partial charge is 0.384 e. The van der Waals surface area contributed by atoms with Gasteiger partial charge < -0.3 is 19.9 Å². The molecule has 0 saturated heterocycles. The molecule has 3 aromatic rings. The summed E-state index contributed by atoms with van der Waals surface area (Å²) in [6.07, 6.45) is 4.28. The Morgan fingerprint density at radius 1 is 1.19 bits per heavy atom. The number of nitrogens with one attached hydrogen (secondary N) is 2. The quantitative estimate of drug-likeness (QED) is 0.706. The molecule has 0 fully saturated rings. The Kier molecular flexibility index (Phi) is 4.89. The van der Waals surface area contributed by atoms with Crippen LogP contribution in [0.15, 0.2) is 54.9 Å². The van der Waals surface area contributed by atoms with Crippen LogP contribution in [0.4, 0.5) is 11.4 Å². The Balaban J connectivity index is 1.93. The van der Waals surface area contributed by atoms with E-state index in [1.807, 2.05) is 42.5 Å². The van der Waals surface area contributed by atoms with Crippen LogP contribution in [-0.2, 0) is 17.7 Å². The zero-order valence-electron chi connectivity index (χ0n) is 15.2. The van der Waals surface area contributed by atoms with Crippen LogP contribution in [0.1, 0.15) is 16.2 Å². The maximum Gasteiger partial charge on any atom is 0.270 e. The Morgan fingerprint density at radius 3 is 2.70 bits per heavy atom. The van der Waals surface area contributed by atoms with Crippen LogP contribution in [-0.4, -0.2) is 35.7 Å². The fourth-order valence-corrected chi connectivity index (χ4v) is 3.59. The number of methoxy groups -OCH3 is 1. The first-order chi connectivity index (χ1) is 13.3. The van der Waals surface area contributed by atoms with Crippen molar-refractivity contribution in [2.45, 2.75) is 13.0 Å². The van der Waals surface area contributed by atoms with E-state index < -0.39 is 0 Å². The van der Waals surface area contributed by atoms with Crippen LogP contribution < -0.4 is 10.6 Å². The molecule has 138 valence electrons. The number of amides is 1. The Bertz CT molecular complexity index is 936. The van der Waals surface area contributed by atoms with Gasteiger partial charge in [0.05, 0.1) is 12.3 Å². The molecule has 0 bridgehead atoms. The number of carbonyl (C=O) groups is 1. The summed E-state index contributed by atoms with van der Waals surface area (Å²) in [6, 6.07) is 13.9. The number of carbonyl (C=O) groups excluding carboxylic acids is 1. The third-order valence-corrected chi connectivity index (χ3v) is 4.76. The summed E-state index contributed by atoms with van der Waals surface area (Å²) in [5.41, 5.74) is 5.61. The van der Waals surface area contributed by atoms with E-state index in [9.17, 15) is 4.79 Å². The summed E-state index contributed by atoms with van der Waals surface area (Å²) in [6.45, 7) is 1.96. The molecule has 6 nitrogen and oxygen atoms in total. The van der Waals surface area contributed by atoms with Crippen molar-refractivity contribution in [2.24, 2.45) is 0 Å². The number of nitrogens with zero attached hydrogens (tertiary/aromatic N) is 2. The van der Waals surface area contributed by atoms with Gasteiger partial charge in [-0.25, -0.2) is 0 Å². The van der Waals surface area contributed by atoms with Crippen LogP contribution in [0.25, 0.3) is 11.1 Å². The highest BCUT2D eigenvalue weighted by Crippen LogP contribution is 2.40. The van der Waals surface area contributed by atoms with E-state index in [4.69, 9.17) is 4.74 Å². The van der Waals surface area contributed by atoms with Crippen LogP contribution in [0.2, 0.25) is 0 Å². The van der Waals surface area contributed by atoms with Gasteiger partial charge in [0.15, 0.2) is 0 Å². The Morgan fingerprint density at radius 2 is 1.96 bits per heavy atom. The smallest absolute Gasteiger partial charge is 0.270 e. The molecule has 0 unspecified atom stereocenters. The lowest BCUT2D eigenvalue weighted by Crippen LogP contribution is -2.36. The number of para-hydroxylation sites is 1. The van der Waals surface area contributed by atoms with Crippen molar-refractivity contribution < 1.29 is 9.53 Å². The van der Waals surface area contributed by atoms with Crippen molar-refractivity contribution >= 4 is 17.3 Å². The van der Waals surface area contributed by atoms with Crippen molar-refractivity contribution in [1.29, 1.82) is 0 Å².